The van der Waals surface area contributed by atoms with Crippen LogP contribution < -0.4 is 5.32 Å². The van der Waals surface area contributed by atoms with Gasteiger partial charge in [0.2, 0.25) is 5.91 Å². The normalized spacial score (nSPS) is 15.9. The van der Waals surface area contributed by atoms with Gasteiger partial charge in [0.25, 0.3) is 0 Å². The van der Waals surface area contributed by atoms with E-state index in [4.69, 9.17) is 5.26 Å². The molecule has 1 aromatic rings. The topological polar surface area (TPSA) is 56.1 Å². The van der Waals surface area contributed by atoms with Gasteiger partial charge in [-0.25, -0.2) is 4.39 Å². The molecule has 1 atom stereocenters. The van der Waals surface area contributed by atoms with Gasteiger partial charge in [-0.05, 0) is 25.0 Å². The van der Waals surface area contributed by atoms with Crippen LogP contribution in [0.4, 0.5) is 10.1 Å². The number of nitriles is 1. The maximum Gasteiger partial charge on any atom is 0.225 e. The molecule has 0 radical (unpaired) electrons. The molecule has 0 bridgehead atoms. The number of hydrogen-bond donors (Lipinski definition) is 1. The van der Waals surface area contributed by atoms with Crippen LogP contribution in [-0.2, 0) is 4.79 Å². The molecule has 0 aliphatic carbocycles. The van der Waals surface area contributed by atoms with Crippen molar-refractivity contribution >= 4 is 11.6 Å². The zero-order valence-electron chi connectivity index (χ0n) is 10.6. The third-order valence-electron chi connectivity index (χ3n) is 3.20. The lowest BCUT2D eigenvalue weighted by atomic mass is 10.2. The maximum atomic E-state index is 13.5. The molecular weight excluding hydrogens is 245 g/mol. The van der Waals surface area contributed by atoms with E-state index in [-0.39, 0.29) is 18.0 Å². The van der Waals surface area contributed by atoms with Crippen LogP contribution in [-0.4, -0.2) is 29.9 Å². The highest BCUT2D eigenvalue weighted by Crippen LogP contribution is 2.16. The lowest BCUT2D eigenvalue weighted by molar-refractivity contribution is -0.130. The second kappa shape index (κ2) is 6.19. The van der Waals surface area contributed by atoms with Gasteiger partial charge >= 0.3 is 0 Å². The summed E-state index contributed by atoms with van der Waals surface area (Å²) >= 11 is 0. The van der Waals surface area contributed by atoms with Gasteiger partial charge in [-0.3, -0.25) is 4.79 Å². The number of carbonyl (C=O) groups excluding carboxylic acids is 1. The zero-order chi connectivity index (χ0) is 13.7. The van der Waals surface area contributed by atoms with Crippen LogP contribution in [0, 0.1) is 17.1 Å². The van der Waals surface area contributed by atoms with E-state index in [1.807, 2.05) is 6.07 Å². The first kappa shape index (κ1) is 13.3. The Balaban J connectivity index is 1.95. The van der Waals surface area contributed by atoms with Gasteiger partial charge in [0.15, 0.2) is 0 Å². The lowest BCUT2D eigenvalue weighted by Gasteiger charge is -2.18. The van der Waals surface area contributed by atoms with Crippen LogP contribution in [0.15, 0.2) is 24.3 Å². The largest absolute Gasteiger partial charge is 0.367 e. The first-order chi connectivity index (χ1) is 9.20. The molecule has 2 rings (SSSR count). The molecule has 4 nitrogen and oxygen atoms in total. The Bertz CT molecular complexity index is 492. The predicted molar refractivity (Wildman–Crippen MR) is 69.9 cm³/mol. The molecule has 1 heterocycles. The number of likely N-dealkylation sites (tertiary alicyclic amines) is 1. The average Bonchev–Trinajstić information content (AvgIpc) is 2.94. The molecule has 1 fully saturated rings. The van der Waals surface area contributed by atoms with Crippen molar-refractivity contribution in [1.29, 1.82) is 5.26 Å². The van der Waals surface area contributed by atoms with Gasteiger partial charge in [-0.2, -0.15) is 5.26 Å². The van der Waals surface area contributed by atoms with Gasteiger partial charge in [-0.1, -0.05) is 12.1 Å². The molecule has 0 spiro atoms. The van der Waals surface area contributed by atoms with Crippen LogP contribution in [0.2, 0.25) is 0 Å². The molecule has 0 aromatic heterocycles. The molecule has 100 valence electrons. The van der Waals surface area contributed by atoms with E-state index in [0.29, 0.717) is 0 Å². The Labute approximate surface area is 111 Å². The highest BCUT2D eigenvalue weighted by molar-refractivity contribution is 5.78. The minimum absolute atomic E-state index is 0.0483. The first-order valence-electron chi connectivity index (χ1n) is 6.39. The Morgan fingerprint density at radius 3 is 2.74 bits per heavy atom. The molecule has 1 unspecified atom stereocenters. The Hall–Kier alpha value is -2.09. The number of anilines is 1. The van der Waals surface area contributed by atoms with Crippen LogP contribution in [0.5, 0.6) is 0 Å². The summed E-state index contributed by atoms with van der Waals surface area (Å²) in [6, 6.07) is 7.44. The fourth-order valence-corrected chi connectivity index (χ4v) is 2.17. The highest BCUT2D eigenvalue weighted by Gasteiger charge is 2.22. The van der Waals surface area contributed by atoms with Crippen molar-refractivity contribution in [3.05, 3.63) is 30.1 Å². The summed E-state index contributed by atoms with van der Waals surface area (Å²) in [5, 5.41) is 11.8. The first-order valence-corrected chi connectivity index (χ1v) is 6.39. The molecule has 1 amide bonds. The number of hydrogen-bond acceptors (Lipinski definition) is 3. The van der Waals surface area contributed by atoms with E-state index in [1.54, 1.807) is 23.1 Å². The predicted octanol–water partition coefficient (Wildman–Crippen LogP) is 2.14. The van der Waals surface area contributed by atoms with Gasteiger partial charge < -0.3 is 10.2 Å². The number of amides is 1. The van der Waals surface area contributed by atoms with Crippen LogP contribution in [0.1, 0.15) is 19.3 Å². The molecule has 5 heteroatoms. The van der Waals surface area contributed by atoms with Gasteiger partial charge in [0, 0.05) is 13.1 Å². The van der Waals surface area contributed by atoms with Crippen molar-refractivity contribution in [2.24, 2.45) is 0 Å². The fourth-order valence-electron chi connectivity index (χ4n) is 2.17. The summed E-state index contributed by atoms with van der Waals surface area (Å²) in [6.07, 6.45) is 2.11. The second-order valence-corrected chi connectivity index (χ2v) is 4.60. The van der Waals surface area contributed by atoms with E-state index >= 15 is 0 Å². The molecule has 0 saturated carbocycles. The SMILES string of the molecule is N#CC(CC(=O)N1CCCC1)Nc1ccccc1F. The zero-order valence-corrected chi connectivity index (χ0v) is 10.6. The summed E-state index contributed by atoms with van der Waals surface area (Å²) < 4.78 is 13.5. The van der Waals surface area contributed by atoms with Crippen molar-refractivity contribution in [2.45, 2.75) is 25.3 Å². The van der Waals surface area contributed by atoms with E-state index in [1.165, 1.54) is 6.07 Å². The number of carbonyl (C=O) groups is 1. The van der Waals surface area contributed by atoms with Crippen molar-refractivity contribution in [3.63, 3.8) is 0 Å². The van der Waals surface area contributed by atoms with E-state index in [2.05, 4.69) is 5.32 Å². The molecule has 1 N–H and O–H groups in total. The van der Waals surface area contributed by atoms with Crippen molar-refractivity contribution < 1.29 is 9.18 Å². The number of para-hydroxylation sites is 1. The van der Waals surface area contributed by atoms with Crippen LogP contribution in [0.25, 0.3) is 0 Å². The summed E-state index contributed by atoms with van der Waals surface area (Å²) in [4.78, 5) is 13.7. The molecule has 19 heavy (non-hydrogen) atoms. The van der Waals surface area contributed by atoms with Gasteiger partial charge in [0.05, 0.1) is 18.2 Å². The lowest BCUT2D eigenvalue weighted by Crippen LogP contribution is -2.33. The van der Waals surface area contributed by atoms with Crippen molar-refractivity contribution in [3.8, 4) is 6.07 Å². The average molecular weight is 261 g/mol. The Morgan fingerprint density at radius 2 is 2.11 bits per heavy atom. The molecule has 1 aliphatic heterocycles. The highest BCUT2D eigenvalue weighted by atomic mass is 19.1. The maximum absolute atomic E-state index is 13.5. The third-order valence-corrected chi connectivity index (χ3v) is 3.20. The molecule has 1 aliphatic rings. The monoisotopic (exact) mass is 261 g/mol. The Morgan fingerprint density at radius 1 is 1.42 bits per heavy atom. The second-order valence-electron chi connectivity index (χ2n) is 4.60. The van der Waals surface area contributed by atoms with Crippen molar-refractivity contribution in [1.82, 2.24) is 4.90 Å². The third kappa shape index (κ3) is 3.44. The molecule has 1 saturated heterocycles. The number of halogens is 1. The minimum Gasteiger partial charge on any atom is -0.367 e. The Kier molecular flexibility index (Phi) is 4.35. The number of benzene rings is 1. The fraction of sp³-hybridized carbons (Fsp3) is 0.429. The van der Waals surface area contributed by atoms with E-state index in [9.17, 15) is 9.18 Å². The number of rotatable bonds is 4. The van der Waals surface area contributed by atoms with Gasteiger partial charge in [-0.15, -0.1) is 0 Å². The van der Waals surface area contributed by atoms with Gasteiger partial charge in [0.1, 0.15) is 11.9 Å². The minimum atomic E-state index is -0.704. The summed E-state index contributed by atoms with van der Waals surface area (Å²) in [6.45, 7) is 1.52. The number of nitrogens with one attached hydrogen (secondary N) is 1. The van der Waals surface area contributed by atoms with Crippen molar-refractivity contribution in [2.75, 3.05) is 18.4 Å². The number of nitrogens with zero attached hydrogens (tertiary/aromatic N) is 2. The van der Waals surface area contributed by atoms with E-state index < -0.39 is 11.9 Å². The molecule has 1 aromatic carbocycles. The summed E-state index contributed by atoms with van der Waals surface area (Å²) in [7, 11) is 0. The molecular formula is C14H16FN3O. The smallest absolute Gasteiger partial charge is 0.225 e. The standard InChI is InChI=1S/C14H16FN3O/c15-12-5-1-2-6-13(12)17-11(10-16)9-14(19)18-7-3-4-8-18/h1-2,5-6,11,17H,3-4,7-9H2. The van der Waals surface area contributed by atoms with E-state index in [0.717, 1.165) is 25.9 Å². The van der Waals surface area contributed by atoms with Crippen LogP contribution >= 0.6 is 0 Å². The van der Waals surface area contributed by atoms with Crippen LogP contribution in [0.3, 0.4) is 0 Å². The summed E-state index contributed by atoms with van der Waals surface area (Å²) in [5.41, 5.74) is 0.253. The quantitative estimate of drug-likeness (QED) is 0.903. The summed E-state index contributed by atoms with van der Waals surface area (Å²) in [5.74, 6) is -0.468.